The fraction of sp³-hybridized carbons (Fsp3) is 0.500. The summed E-state index contributed by atoms with van der Waals surface area (Å²) in [5, 5.41) is 6.98. The van der Waals surface area contributed by atoms with Crippen molar-refractivity contribution >= 4 is 35.0 Å². The van der Waals surface area contributed by atoms with Crippen molar-refractivity contribution in [2.24, 2.45) is 4.99 Å². The third-order valence-electron chi connectivity index (χ3n) is 6.00. The van der Waals surface area contributed by atoms with Crippen molar-refractivity contribution in [1.29, 1.82) is 0 Å². The van der Waals surface area contributed by atoms with Crippen LogP contribution in [0.15, 0.2) is 29.3 Å². The summed E-state index contributed by atoms with van der Waals surface area (Å²) < 4.78 is 0. The van der Waals surface area contributed by atoms with Crippen LogP contribution >= 0.6 is 0 Å². The Morgan fingerprint density at radius 1 is 1.00 bits per heavy atom. The average Bonchev–Trinajstić information content (AvgIpc) is 3.13. The van der Waals surface area contributed by atoms with Gasteiger partial charge in [0, 0.05) is 29.7 Å². The number of rotatable bonds is 6. The van der Waals surface area contributed by atoms with Crippen molar-refractivity contribution in [1.82, 2.24) is 19.8 Å². The first-order valence-electron chi connectivity index (χ1n) is 10.6. The SMILES string of the molecule is CN(C)C1C=Nc2c(Nc3cccc(N)c3)nc(N[C@H]3CC[C@@H](N(C)C)CC3)nc21. The Morgan fingerprint density at radius 2 is 1.77 bits per heavy atom. The summed E-state index contributed by atoms with van der Waals surface area (Å²) in [6.07, 6.45) is 6.54. The Labute approximate surface area is 178 Å². The summed E-state index contributed by atoms with van der Waals surface area (Å²) in [5.41, 5.74) is 9.25. The van der Waals surface area contributed by atoms with Crippen LogP contribution in [-0.4, -0.2) is 66.3 Å². The van der Waals surface area contributed by atoms with Crippen molar-refractivity contribution in [2.45, 2.75) is 43.8 Å². The largest absolute Gasteiger partial charge is 0.399 e. The Bertz CT molecular complexity index is 915. The molecule has 0 amide bonds. The zero-order valence-corrected chi connectivity index (χ0v) is 18.3. The van der Waals surface area contributed by atoms with E-state index in [2.05, 4.69) is 39.5 Å². The van der Waals surface area contributed by atoms with E-state index in [1.54, 1.807) is 0 Å². The fourth-order valence-corrected chi connectivity index (χ4v) is 4.22. The minimum atomic E-state index is 0.0365. The number of aliphatic imine (C=N–C) groups is 1. The second kappa shape index (κ2) is 8.57. The highest BCUT2D eigenvalue weighted by Gasteiger charge is 2.28. The maximum atomic E-state index is 5.95. The molecule has 0 spiro atoms. The van der Waals surface area contributed by atoms with Crippen molar-refractivity contribution < 1.29 is 0 Å². The number of hydrogen-bond acceptors (Lipinski definition) is 8. The number of anilines is 4. The fourth-order valence-electron chi connectivity index (χ4n) is 4.22. The lowest BCUT2D eigenvalue weighted by molar-refractivity contribution is 0.221. The van der Waals surface area contributed by atoms with Gasteiger partial charge in [-0.3, -0.25) is 9.89 Å². The molecule has 1 saturated carbocycles. The number of fused-ring (bicyclic) bond motifs is 1. The molecule has 0 saturated heterocycles. The molecule has 1 aliphatic carbocycles. The highest BCUT2D eigenvalue weighted by Crippen LogP contribution is 2.39. The molecule has 1 aromatic carbocycles. The van der Waals surface area contributed by atoms with E-state index in [1.165, 1.54) is 12.8 Å². The van der Waals surface area contributed by atoms with Crippen LogP contribution in [0.3, 0.4) is 0 Å². The lowest BCUT2D eigenvalue weighted by atomic mass is 9.90. The van der Waals surface area contributed by atoms with Gasteiger partial charge in [0.1, 0.15) is 5.69 Å². The Kier molecular flexibility index (Phi) is 5.87. The number of hydrogen-bond donors (Lipinski definition) is 3. The molecule has 1 aromatic heterocycles. The quantitative estimate of drug-likeness (QED) is 0.631. The molecule has 0 radical (unpaired) electrons. The number of nitrogens with one attached hydrogen (secondary N) is 2. The predicted octanol–water partition coefficient (Wildman–Crippen LogP) is 3.41. The average molecular weight is 409 g/mol. The molecule has 8 nitrogen and oxygen atoms in total. The monoisotopic (exact) mass is 408 g/mol. The molecule has 30 heavy (non-hydrogen) atoms. The van der Waals surface area contributed by atoms with Gasteiger partial charge in [-0.05, 0) is 72.1 Å². The summed E-state index contributed by atoms with van der Waals surface area (Å²) in [7, 11) is 8.40. The van der Waals surface area contributed by atoms with E-state index >= 15 is 0 Å². The van der Waals surface area contributed by atoms with Gasteiger partial charge in [-0.1, -0.05) is 6.07 Å². The normalized spacial score (nSPS) is 23.1. The molecule has 4 N–H and O–H groups in total. The molecule has 1 atom stereocenters. The van der Waals surface area contributed by atoms with Gasteiger partial charge in [0.05, 0.1) is 11.7 Å². The number of aromatic nitrogens is 2. The van der Waals surface area contributed by atoms with E-state index in [-0.39, 0.29) is 6.04 Å². The number of nitrogen functional groups attached to an aromatic ring is 1. The summed E-state index contributed by atoms with van der Waals surface area (Å²) in [4.78, 5) is 18.7. The molecule has 1 unspecified atom stereocenters. The van der Waals surface area contributed by atoms with E-state index in [9.17, 15) is 0 Å². The maximum absolute atomic E-state index is 5.95. The van der Waals surface area contributed by atoms with Crippen LogP contribution in [0.5, 0.6) is 0 Å². The second-order valence-corrected chi connectivity index (χ2v) is 8.68. The molecule has 160 valence electrons. The highest BCUT2D eigenvalue weighted by atomic mass is 15.2. The number of nitrogens with zero attached hydrogens (tertiary/aromatic N) is 5. The van der Waals surface area contributed by atoms with Gasteiger partial charge in [0.2, 0.25) is 5.95 Å². The molecule has 4 rings (SSSR count). The van der Waals surface area contributed by atoms with Crippen LogP contribution in [0.2, 0.25) is 0 Å². The molecule has 2 aromatic rings. The summed E-state index contributed by atoms with van der Waals surface area (Å²) >= 11 is 0. The molecule has 0 bridgehead atoms. The molecule has 8 heteroatoms. The van der Waals surface area contributed by atoms with Crippen molar-refractivity contribution in [3.8, 4) is 0 Å². The van der Waals surface area contributed by atoms with Crippen LogP contribution in [-0.2, 0) is 0 Å². The Hall–Kier alpha value is -2.71. The Morgan fingerprint density at radius 3 is 2.43 bits per heavy atom. The third kappa shape index (κ3) is 4.39. The maximum Gasteiger partial charge on any atom is 0.225 e. The van der Waals surface area contributed by atoms with Gasteiger partial charge in [-0.25, -0.2) is 4.98 Å². The van der Waals surface area contributed by atoms with E-state index in [1.807, 2.05) is 44.6 Å². The van der Waals surface area contributed by atoms with E-state index in [0.29, 0.717) is 29.5 Å². The number of nitrogens with two attached hydrogens (primary N) is 1. The van der Waals surface area contributed by atoms with Crippen LogP contribution in [0, 0.1) is 0 Å². The summed E-state index contributed by atoms with van der Waals surface area (Å²) in [5.74, 6) is 1.36. The first kappa shape index (κ1) is 20.6. The molecular formula is C22H32N8. The lowest BCUT2D eigenvalue weighted by Gasteiger charge is -2.33. The standard InChI is InChI=1S/C22H32N8/c1-29(2)17-10-8-15(9-11-17)26-22-27-19-18(30(3)4)13-24-20(19)21(28-22)25-16-7-5-6-14(23)12-16/h5-7,12-13,15,17-18H,8-11,23H2,1-4H3,(H2,25,26,27,28)/t15-,17+,18?. The molecule has 1 aliphatic heterocycles. The highest BCUT2D eigenvalue weighted by molar-refractivity contribution is 5.86. The Balaban J connectivity index is 1.59. The van der Waals surface area contributed by atoms with E-state index < -0.39 is 0 Å². The predicted molar refractivity (Wildman–Crippen MR) is 124 cm³/mol. The van der Waals surface area contributed by atoms with E-state index in [0.717, 1.165) is 29.9 Å². The van der Waals surface area contributed by atoms with Gasteiger partial charge in [0.15, 0.2) is 5.82 Å². The zero-order valence-electron chi connectivity index (χ0n) is 18.3. The topological polar surface area (TPSA) is 94.7 Å². The van der Waals surface area contributed by atoms with Gasteiger partial charge < -0.3 is 21.3 Å². The molecular weight excluding hydrogens is 376 g/mol. The first-order valence-corrected chi connectivity index (χ1v) is 10.6. The molecule has 2 heterocycles. The summed E-state index contributed by atoms with van der Waals surface area (Å²) in [6, 6.07) is 8.75. The van der Waals surface area contributed by atoms with Crippen molar-refractivity contribution in [3.63, 3.8) is 0 Å². The third-order valence-corrected chi connectivity index (χ3v) is 6.00. The van der Waals surface area contributed by atoms with Crippen LogP contribution < -0.4 is 16.4 Å². The van der Waals surface area contributed by atoms with Gasteiger partial charge in [-0.2, -0.15) is 4.98 Å². The van der Waals surface area contributed by atoms with Crippen LogP contribution in [0.1, 0.15) is 37.4 Å². The van der Waals surface area contributed by atoms with Gasteiger partial charge in [-0.15, -0.1) is 0 Å². The van der Waals surface area contributed by atoms with Crippen LogP contribution in [0.25, 0.3) is 0 Å². The molecule has 1 fully saturated rings. The number of benzene rings is 1. The minimum Gasteiger partial charge on any atom is -0.399 e. The minimum absolute atomic E-state index is 0.0365. The second-order valence-electron chi connectivity index (χ2n) is 8.68. The first-order chi connectivity index (χ1) is 14.4. The lowest BCUT2D eigenvalue weighted by Crippen LogP contribution is -2.36. The van der Waals surface area contributed by atoms with Crippen molar-refractivity contribution in [3.05, 3.63) is 30.0 Å². The smallest absolute Gasteiger partial charge is 0.225 e. The van der Waals surface area contributed by atoms with Gasteiger partial charge in [0.25, 0.3) is 0 Å². The molecule has 2 aliphatic rings. The van der Waals surface area contributed by atoms with E-state index in [4.69, 9.17) is 15.7 Å². The van der Waals surface area contributed by atoms with Crippen LogP contribution in [0.4, 0.5) is 28.8 Å². The van der Waals surface area contributed by atoms with Crippen molar-refractivity contribution in [2.75, 3.05) is 44.6 Å². The zero-order chi connectivity index (χ0) is 21.3. The van der Waals surface area contributed by atoms with Gasteiger partial charge >= 0.3 is 0 Å². The summed E-state index contributed by atoms with van der Waals surface area (Å²) in [6.45, 7) is 0.